The summed E-state index contributed by atoms with van der Waals surface area (Å²) in [5.41, 5.74) is 8.80. The van der Waals surface area contributed by atoms with E-state index in [9.17, 15) is 0 Å². The summed E-state index contributed by atoms with van der Waals surface area (Å²) >= 11 is 7.72. The van der Waals surface area contributed by atoms with E-state index >= 15 is 0 Å². The quantitative estimate of drug-likeness (QED) is 0.178. The van der Waals surface area contributed by atoms with Gasteiger partial charge >= 0.3 is 0 Å². The summed E-state index contributed by atoms with van der Waals surface area (Å²) < 4.78 is 0.745. The SMILES string of the molecule is C=C/C(=C\C(=C/C)c1ccc2[nH]nc(-c3cc4c(-c5ccc(Cl)s5)cncc4[nH]3)c2n1)NC(=C)C(C)C. The molecule has 186 valence electrons. The molecule has 0 radical (unpaired) electrons. The number of aromatic amines is 2. The van der Waals surface area contributed by atoms with Gasteiger partial charge in [-0.05, 0) is 60.9 Å². The van der Waals surface area contributed by atoms with E-state index in [0.717, 1.165) is 70.8 Å². The summed E-state index contributed by atoms with van der Waals surface area (Å²) in [5.74, 6) is 0.309. The molecule has 5 aromatic rings. The molecule has 6 nitrogen and oxygen atoms in total. The van der Waals surface area contributed by atoms with Crippen LogP contribution in [0.5, 0.6) is 0 Å². The number of aromatic nitrogens is 5. The summed E-state index contributed by atoms with van der Waals surface area (Å²) in [6.07, 6.45) is 9.54. The van der Waals surface area contributed by atoms with Gasteiger partial charge < -0.3 is 10.3 Å². The van der Waals surface area contributed by atoms with E-state index in [1.807, 2.05) is 55.7 Å². The molecular weight excluding hydrogens is 500 g/mol. The van der Waals surface area contributed by atoms with Gasteiger partial charge in [0.2, 0.25) is 0 Å². The van der Waals surface area contributed by atoms with E-state index in [-0.39, 0.29) is 0 Å². The Kier molecular flexibility index (Phi) is 6.82. The highest BCUT2D eigenvalue weighted by atomic mass is 35.5. The van der Waals surface area contributed by atoms with Crippen molar-refractivity contribution in [1.29, 1.82) is 0 Å². The maximum absolute atomic E-state index is 6.19. The Morgan fingerprint density at radius 3 is 2.70 bits per heavy atom. The fourth-order valence-electron chi connectivity index (χ4n) is 4.03. The van der Waals surface area contributed by atoms with E-state index in [0.29, 0.717) is 5.92 Å². The Morgan fingerprint density at radius 2 is 2.00 bits per heavy atom. The third-order valence-electron chi connectivity index (χ3n) is 6.19. The van der Waals surface area contributed by atoms with E-state index < -0.39 is 0 Å². The molecular formula is C29H27ClN6S. The minimum atomic E-state index is 0.309. The molecule has 0 atom stereocenters. The largest absolute Gasteiger partial charge is 0.359 e. The number of H-pyrrole nitrogens is 2. The van der Waals surface area contributed by atoms with Crippen molar-refractivity contribution in [3.63, 3.8) is 0 Å². The minimum absolute atomic E-state index is 0.309. The van der Waals surface area contributed by atoms with Crippen LogP contribution < -0.4 is 5.32 Å². The van der Waals surface area contributed by atoms with Gasteiger partial charge in [0.05, 0.1) is 33.0 Å². The average molecular weight is 527 g/mol. The van der Waals surface area contributed by atoms with Gasteiger partial charge in [0.1, 0.15) is 11.2 Å². The highest BCUT2D eigenvalue weighted by Crippen LogP contribution is 2.37. The topological polar surface area (TPSA) is 82.3 Å². The van der Waals surface area contributed by atoms with Gasteiger partial charge in [-0.1, -0.05) is 44.7 Å². The molecule has 0 saturated carbocycles. The normalized spacial score (nSPS) is 12.6. The average Bonchev–Trinajstić information content (AvgIpc) is 3.63. The maximum Gasteiger partial charge on any atom is 0.135 e. The molecule has 3 N–H and O–H groups in total. The predicted octanol–water partition coefficient (Wildman–Crippen LogP) is 8.12. The summed E-state index contributed by atoms with van der Waals surface area (Å²) in [5, 5.41) is 12.1. The highest BCUT2D eigenvalue weighted by molar-refractivity contribution is 7.19. The zero-order valence-corrected chi connectivity index (χ0v) is 22.5. The zero-order chi connectivity index (χ0) is 26.1. The van der Waals surface area contributed by atoms with Crippen LogP contribution in [0.15, 0.2) is 85.5 Å². The second kappa shape index (κ2) is 10.2. The van der Waals surface area contributed by atoms with Crippen molar-refractivity contribution in [3.8, 4) is 21.8 Å². The number of pyridine rings is 2. The van der Waals surface area contributed by atoms with Gasteiger partial charge in [0.25, 0.3) is 0 Å². The Bertz CT molecular complexity index is 1700. The van der Waals surface area contributed by atoms with E-state index in [2.05, 4.69) is 58.6 Å². The lowest BCUT2D eigenvalue weighted by molar-refractivity contribution is 0.710. The molecule has 0 aliphatic heterocycles. The third kappa shape index (κ3) is 4.88. The minimum Gasteiger partial charge on any atom is -0.359 e. The number of allylic oxidation sites excluding steroid dienone is 5. The first-order valence-electron chi connectivity index (χ1n) is 11.9. The maximum atomic E-state index is 6.19. The van der Waals surface area contributed by atoms with Crippen molar-refractivity contribution < 1.29 is 0 Å². The number of nitrogens with one attached hydrogen (secondary N) is 3. The standard InChI is InChI=1S/C29H27ClN6S/c1-6-18(12-19(7-2)32-17(5)16(3)4)22-8-9-23-28(34-22)29(36-35-23)24-13-20-21(14-31-15-25(20)33-24)26-10-11-27(30)37-26/h6-16,32-33H,2,5H2,1,3-4H3,(H,35,36)/b18-6+,19-12+. The molecule has 0 bridgehead atoms. The third-order valence-corrected chi connectivity index (χ3v) is 7.45. The second-order valence-corrected chi connectivity index (χ2v) is 10.7. The number of halogens is 1. The van der Waals surface area contributed by atoms with Crippen molar-refractivity contribution in [1.82, 2.24) is 30.5 Å². The number of nitrogens with zero attached hydrogens (tertiary/aromatic N) is 3. The number of rotatable bonds is 8. The first kappa shape index (κ1) is 24.7. The van der Waals surface area contributed by atoms with Gasteiger partial charge in [0.15, 0.2) is 0 Å². The molecule has 0 aromatic carbocycles. The fraction of sp³-hybridized carbons (Fsp3) is 0.138. The smallest absolute Gasteiger partial charge is 0.135 e. The summed E-state index contributed by atoms with van der Waals surface area (Å²) in [4.78, 5) is 14.0. The lowest BCUT2D eigenvalue weighted by atomic mass is 10.1. The lowest BCUT2D eigenvalue weighted by Crippen LogP contribution is -2.14. The Hall–Kier alpha value is -3.94. The monoisotopic (exact) mass is 526 g/mol. The molecule has 37 heavy (non-hydrogen) atoms. The van der Waals surface area contributed by atoms with E-state index in [1.165, 1.54) is 11.3 Å². The van der Waals surface area contributed by atoms with Crippen LogP contribution in [0.25, 0.3) is 49.3 Å². The van der Waals surface area contributed by atoms with E-state index in [4.69, 9.17) is 16.6 Å². The van der Waals surface area contributed by atoms with Gasteiger partial charge in [-0.2, -0.15) is 5.10 Å². The number of hydrogen-bond donors (Lipinski definition) is 3. The highest BCUT2D eigenvalue weighted by Gasteiger charge is 2.16. The fourth-order valence-corrected chi connectivity index (χ4v) is 5.10. The molecule has 5 aromatic heterocycles. The number of thiophene rings is 1. The lowest BCUT2D eigenvalue weighted by Gasteiger charge is -2.14. The molecule has 0 aliphatic rings. The second-order valence-electron chi connectivity index (χ2n) is 8.95. The predicted molar refractivity (Wildman–Crippen MR) is 156 cm³/mol. The molecule has 5 heterocycles. The Morgan fingerprint density at radius 1 is 1.16 bits per heavy atom. The van der Waals surface area contributed by atoms with Gasteiger partial charge in [-0.3, -0.25) is 10.1 Å². The van der Waals surface area contributed by atoms with Gasteiger partial charge in [-0.25, -0.2) is 4.98 Å². The van der Waals surface area contributed by atoms with Crippen molar-refractivity contribution in [2.24, 2.45) is 5.92 Å². The molecule has 0 unspecified atom stereocenters. The molecule has 0 amide bonds. The Labute approximate surface area is 224 Å². The Balaban J connectivity index is 1.56. The van der Waals surface area contributed by atoms with Crippen LogP contribution in [-0.4, -0.2) is 25.1 Å². The van der Waals surface area contributed by atoms with Crippen LogP contribution in [0.2, 0.25) is 4.34 Å². The van der Waals surface area contributed by atoms with Crippen molar-refractivity contribution in [2.45, 2.75) is 20.8 Å². The first-order chi connectivity index (χ1) is 17.9. The van der Waals surface area contributed by atoms with Crippen LogP contribution >= 0.6 is 22.9 Å². The molecule has 8 heteroatoms. The summed E-state index contributed by atoms with van der Waals surface area (Å²) in [7, 11) is 0. The van der Waals surface area contributed by atoms with E-state index in [1.54, 1.807) is 6.08 Å². The van der Waals surface area contributed by atoms with Crippen molar-refractivity contribution >= 4 is 50.4 Å². The van der Waals surface area contributed by atoms with Crippen molar-refractivity contribution in [3.05, 3.63) is 95.5 Å². The van der Waals surface area contributed by atoms with Crippen LogP contribution in [0, 0.1) is 5.92 Å². The molecule has 5 rings (SSSR count). The molecule has 0 saturated heterocycles. The summed E-state index contributed by atoms with van der Waals surface area (Å²) in [6, 6.07) is 10.0. The van der Waals surface area contributed by atoms with Crippen LogP contribution in [-0.2, 0) is 0 Å². The number of hydrogen-bond acceptors (Lipinski definition) is 5. The van der Waals surface area contributed by atoms with Gasteiger partial charge in [0, 0.05) is 33.4 Å². The molecule has 0 fully saturated rings. The van der Waals surface area contributed by atoms with Crippen LogP contribution in [0.1, 0.15) is 26.5 Å². The first-order valence-corrected chi connectivity index (χ1v) is 13.1. The van der Waals surface area contributed by atoms with Crippen LogP contribution in [0.4, 0.5) is 0 Å². The number of fused-ring (bicyclic) bond motifs is 2. The molecule has 0 aliphatic carbocycles. The summed E-state index contributed by atoms with van der Waals surface area (Å²) in [6.45, 7) is 14.3. The van der Waals surface area contributed by atoms with Crippen molar-refractivity contribution in [2.75, 3.05) is 0 Å². The van der Waals surface area contributed by atoms with Crippen LogP contribution in [0.3, 0.4) is 0 Å². The van der Waals surface area contributed by atoms with Gasteiger partial charge in [-0.15, -0.1) is 11.3 Å². The molecule has 0 spiro atoms. The zero-order valence-electron chi connectivity index (χ0n) is 20.9.